The van der Waals surface area contributed by atoms with Crippen LogP contribution in [0.5, 0.6) is 0 Å². The van der Waals surface area contributed by atoms with E-state index in [1.165, 1.54) is 47.3 Å². The van der Waals surface area contributed by atoms with Crippen molar-refractivity contribution in [1.29, 1.82) is 0 Å². The maximum Gasteiger partial charge on any atom is -0.0165 e. The second kappa shape index (κ2) is 1.17. The molecule has 14 heavy (non-hydrogen) atoms. The Kier molecular flexibility index (Phi) is 0.494. The molecule has 7 rings (SSSR count). The van der Waals surface area contributed by atoms with E-state index >= 15 is 0 Å². The zero-order chi connectivity index (χ0) is 8.45. The third-order valence-corrected chi connectivity index (χ3v) is 8.93. The smallest absolute Gasteiger partial charge is 0.0165 e. The largest absolute Gasteiger partial charge is 0.0464 e. The van der Waals surface area contributed by atoms with Crippen molar-refractivity contribution < 1.29 is 0 Å². The summed E-state index contributed by atoms with van der Waals surface area (Å²) in [6.07, 6.45) is 6.76. The number of rotatable bonds is 0. The Morgan fingerprint density at radius 1 is 0.643 bits per heavy atom. The van der Waals surface area contributed by atoms with Gasteiger partial charge in [0.2, 0.25) is 0 Å². The maximum absolute atomic E-state index is 1.70. The van der Waals surface area contributed by atoms with Crippen LogP contribution in [0.15, 0.2) is 0 Å². The van der Waals surface area contributed by atoms with Crippen molar-refractivity contribution in [2.45, 2.75) is 25.7 Å². The van der Waals surface area contributed by atoms with Gasteiger partial charge in [-0.15, -0.1) is 0 Å². The van der Waals surface area contributed by atoms with E-state index in [0.29, 0.717) is 0 Å². The summed E-state index contributed by atoms with van der Waals surface area (Å²) in [6.45, 7) is 0. The molecule has 0 bridgehead atoms. The number of hydrogen-bond acceptors (Lipinski definition) is 0. The molecule has 0 heteroatoms. The molecule has 0 aromatic carbocycles. The lowest BCUT2D eigenvalue weighted by Crippen LogP contribution is -2.89. The van der Waals surface area contributed by atoms with Gasteiger partial charge in [-0.05, 0) is 83.9 Å². The van der Waals surface area contributed by atoms with Crippen LogP contribution in [0.4, 0.5) is 0 Å². The molecule has 0 aromatic rings. The fourth-order valence-corrected chi connectivity index (χ4v) is 9.47. The van der Waals surface area contributed by atoms with Crippen LogP contribution in [0.1, 0.15) is 25.7 Å². The van der Waals surface area contributed by atoms with E-state index in [4.69, 9.17) is 0 Å². The first-order chi connectivity index (χ1) is 6.91. The third-order valence-electron chi connectivity index (χ3n) is 8.93. The molecule has 2 spiro atoms. The molecule has 72 valence electrons. The topological polar surface area (TPSA) is 0 Å². The number of hydrogen-bond donors (Lipinski definition) is 0. The molecule has 0 amide bonds. The Morgan fingerprint density at radius 3 is 1.64 bits per heavy atom. The van der Waals surface area contributed by atoms with E-state index in [1.54, 1.807) is 25.7 Å². The number of fused-ring (bicyclic) bond motifs is 2. The van der Waals surface area contributed by atoms with Crippen molar-refractivity contribution in [3.63, 3.8) is 0 Å². The quantitative estimate of drug-likeness (QED) is 0.542. The molecule has 7 aliphatic carbocycles. The highest BCUT2D eigenvalue weighted by Gasteiger charge is 3.02. The predicted molar refractivity (Wildman–Crippen MR) is 51.3 cm³/mol. The van der Waals surface area contributed by atoms with Crippen molar-refractivity contribution in [2.24, 2.45) is 58.2 Å². The Bertz CT molecular complexity index is 374. The second-order valence-electron chi connectivity index (χ2n) is 7.83. The van der Waals surface area contributed by atoms with Crippen molar-refractivity contribution >= 4 is 0 Å². The molecule has 0 aromatic heterocycles. The van der Waals surface area contributed by atoms with E-state index in [2.05, 4.69) is 0 Å². The Balaban J connectivity index is 1.64. The molecular weight excluding hydrogens is 168 g/mol. The van der Waals surface area contributed by atoms with E-state index in [9.17, 15) is 0 Å². The summed E-state index contributed by atoms with van der Waals surface area (Å²) in [5.41, 5.74) is 2.11. The Morgan fingerprint density at radius 2 is 1.14 bits per heavy atom. The van der Waals surface area contributed by atoms with Gasteiger partial charge in [0, 0.05) is 0 Å². The van der Waals surface area contributed by atoms with Crippen molar-refractivity contribution in [3.05, 3.63) is 0 Å². The summed E-state index contributed by atoms with van der Waals surface area (Å²) in [5.74, 6) is 10.3. The standard InChI is InChI=1S/C14H16/c1-5-3-10-8-2-6-4-9-7(1)11-13(5,10)12(8)14(6,9)11/h5-12H,1-4H2. The molecule has 0 saturated heterocycles. The summed E-state index contributed by atoms with van der Waals surface area (Å²) >= 11 is 0. The van der Waals surface area contributed by atoms with Gasteiger partial charge in [0.25, 0.3) is 0 Å². The van der Waals surface area contributed by atoms with Gasteiger partial charge in [-0.1, -0.05) is 0 Å². The SMILES string of the molecule is C1C2C3CC4CC5C6CC1C61C5C43C21. The van der Waals surface area contributed by atoms with Gasteiger partial charge in [-0.3, -0.25) is 0 Å². The van der Waals surface area contributed by atoms with Gasteiger partial charge in [-0.25, -0.2) is 0 Å². The molecule has 7 aliphatic rings. The van der Waals surface area contributed by atoms with Gasteiger partial charge in [0.1, 0.15) is 0 Å². The molecule has 0 radical (unpaired) electrons. The molecule has 7 saturated carbocycles. The summed E-state index contributed by atoms with van der Waals surface area (Å²) in [4.78, 5) is 0. The second-order valence-corrected chi connectivity index (χ2v) is 7.83. The van der Waals surface area contributed by atoms with E-state index < -0.39 is 0 Å². The average molecular weight is 184 g/mol. The van der Waals surface area contributed by atoms with Crippen LogP contribution >= 0.6 is 0 Å². The molecule has 0 heterocycles. The molecule has 6 atom stereocenters. The van der Waals surface area contributed by atoms with Crippen LogP contribution in [-0.2, 0) is 0 Å². The maximum atomic E-state index is 1.70. The van der Waals surface area contributed by atoms with Gasteiger partial charge in [-0.2, -0.15) is 0 Å². The highest BCUT2D eigenvalue weighted by molar-refractivity contribution is 5.48. The normalized spacial score (nSPS) is 96.0. The fraction of sp³-hybridized carbons (Fsp3) is 1.00. The summed E-state index contributed by atoms with van der Waals surface area (Å²) in [5, 5.41) is 0. The Labute approximate surface area is 84.4 Å². The van der Waals surface area contributed by atoms with Crippen LogP contribution in [-0.4, -0.2) is 0 Å². The van der Waals surface area contributed by atoms with Crippen LogP contribution in [0.2, 0.25) is 0 Å². The lowest BCUT2D eigenvalue weighted by atomic mass is 9.12. The first-order valence-electron chi connectivity index (χ1n) is 6.91. The fourth-order valence-electron chi connectivity index (χ4n) is 9.47. The zero-order valence-electron chi connectivity index (χ0n) is 8.45. The van der Waals surface area contributed by atoms with Crippen LogP contribution < -0.4 is 0 Å². The van der Waals surface area contributed by atoms with Gasteiger partial charge in [0.15, 0.2) is 0 Å². The molecule has 6 unspecified atom stereocenters. The highest BCUT2D eigenvalue weighted by atomic mass is 15.1. The highest BCUT2D eigenvalue weighted by Crippen LogP contribution is 3.06. The van der Waals surface area contributed by atoms with Crippen molar-refractivity contribution in [3.8, 4) is 0 Å². The monoisotopic (exact) mass is 184 g/mol. The lowest BCUT2D eigenvalue weighted by molar-refractivity contribution is -0.458. The third kappa shape index (κ3) is 0.227. The molecule has 0 aliphatic heterocycles. The van der Waals surface area contributed by atoms with Crippen LogP contribution in [0.3, 0.4) is 0 Å². The van der Waals surface area contributed by atoms with Gasteiger partial charge < -0.3 is 0 Å². The Hall–Kier alpha value is 0. The van der Waals surface area contributed by atoms with Crippen molar-refractivity contribution in [1.82, 2.24) is 0 Å². The van der Waals surface area contributed by atoms with E-state index in [-0.39, 0.29) is 0 Å². The minimum Gasteiger partial charge on any atom is -0.0464 e. The zero-order valence-corrected chi connectivity index (χ0v) is 8.45. The van der Waals surface area contributed by atoms with Gasteiger partial charge in [0.05, 0.1) is 0 Å². The predicted octanol–water partition coefficient (Wildman–Crippen LogP) is 2.54. The minimum absolute atomic E-state index is 1.06. The molecule has 0 N–H and O–H groups in total. The summed E-state index contributed by atoms with van der Waals surface area (Å²) in [6, 6.07) is 0. The van der Waals surface area contributed by atoms with E-state index in [0.717, 1.165) is 10.8 Å². The first-order valence-corrected chi connectivity index (χ1v) is 6.91. The minimum atomic E-state index is 1.06. The lowest BCUT2D eigenvalue weighted by Gasteiger charge is -2.92. The van der Waals surface area contributed by atoms with Crippen molar-refractivity contribution in [2.75, 3.05) is 0 Å². The van der Waals surface area contributed by atoms with E-state index in [1.807, 2.05) is 0 Å². The van der Waals surface area contributed by atoms with Gasteiger partial charge >= 0.3 is 0 Å². The summed E-state index contributed by atoms with van der Waals surface area (Å²) < 4.78 is 0. The summed E-state index contributed by atoms with van der Waals surface area (Å²) in [7, 11) is 0. The van der Waals surface area contributed by atoms with Crippen LogP contribution in [0.25, 0.3) is 0 Å². The average Bonchev–Trinajstić information content (AvgIpc) is 2.53. The van der Waals surface area contributed by atoms with Crippen LogP contribution in [0, 0.1) is 58.2 Å². The molecule has 7 fully saturated rings. The first kappa shape index (κ1) is 5.92. The molecule has 0 nitrogen and oxygen atoms in total. The molecular formula is C14H16.